The van der Waals surface area contributed by atoms with Gasteiger partial charge in [0.25, 0.3) is 0 Å². The van der Waals surface area contributed by atoms with E-state index in [1.54, 1.807) is 24.3 Å². The summed E-state index contributed by atoms with van der Waals surface area (Å²) in [5.41, 5.74) is 0.497. The molecule has 1 heterocycles. The molecule has 11 heteroatoms. The molecule has 19 atom stereocenters. The summed E-state index contributed by atoms with van der Waals surface area (Å²) in [4.78, 5) is 0.886. The average Bonchev–Trinajstić information content (AvgIpc) is 1.70. The van der Waals surface area contributed by atoms with Crippen molar-refractivity contribution in [2.45, 2.75) is 326 Å². The first-order valence-corrected chi connectivity index (χ1v) is 41.5. The molecule has 2 aromatic carbocycles. The predicted octanol–water partition coefficient (Wildman–Crippen LogP) is 16.9. The van der Waals surface area contributed by atoms with E-state index in [1.807, 2.05) is 50.2 Å². The third-order valence-corrected chi connectivity index (χ3v) is 35.2. The molecule has 13 rings (SSSR count). The summed E-state index contributed by atoms with van der Waals surface area (Å²) in [5, 5.41) is 33.1. The second-order valence-corrected chi connectivity index (χ2v) is 40.8. The van der Waals surface area contributed by atoms with Gasteiger partial charge in [-0.3, -0.25) is 0 Å². The number of benzene rings is 2. The fourth-order valence-corrected chi connectivity index (χ4v) is 27.7. The molecule has 1 spiro atoms. The molecule has 10 saturated carbocycles. The van der Waals surface area contributed by atoms with Crippen LogP contribution in [0, 0.1) is 110 Å². The first-order chi connectivity index (χ1) is 43.1. The van der Waals surface area contributed by atoms with Crippen LogP contribution in [0.1, 0.15) is 289 Å². The molecule has 522 valence electrons. The third-order valence-electron chi connectivity index (χ3n) is 31.0. The van der Waals surface area contributed by atoms with Crippen LogP contribution in [-0.4, -0.2) is 72.2 Å². The molecule has 0 amide bonds. The Hall–Kier alpha value is -1.22. The molecule has 0 bridgehead atoms. The summed E-state index contributed by atoms with van der Waals surface area (Å²) < 4.78 is 60.8. The van der Waals surface area contributed by atoms with Gasteiger partial charge >= 0.3 is 18.9 Å². The van der Waals surface area contributed by atoms with Crippen molar-refractivity contribution in [2.75, 3.05) is 12.4 Å². The van der Waals surface area contributed by atoms with Gasteiger partial charge in [0, 0.05) is 0 Å². The monoisotopic (exact) mass is 1320 g/mol. The van der Waals surface area contributed by atoms with Crippen molar-refractivity contribution in [1.82, 2.24) is 0 Å². The Kier molecular flexibility index (Phi) is 23.4. The molecule has 11 fully saturated rings. The molecule has 1 aliphatic heterocycles. The molecule has 3 N–H and O–H groups in total. The van der Waals surface area contributed by atoms with Crippen LogP contribution in [0.3, 0.4) is 0 Å². The first kappa shape index (κ1) is 76.0. The Morgan fingerprint density at radius 1 is 0.505 bits per heavy atom. The molecule has 93 heavy (non-hydrogen) atoms. The number of epoxide rings is 1. The van der Waals surface area contributed by atoms with E-state index in [2.05, 4.69) is 83.1 Å². The van der Waals surface area contributed by atoms with E-state index in [4.69, 9.17) is 4.74 Å². The summed E-state index contributed by atoms with van der Waals surface area (Å²) in [6.45, 7) is 34.7. The van der Waals surface area contributed by atoms with Crippen molar-refractivity contribution in [1.29, 1.82) is 0 Å². The zero-order valence-electron chi connectivity index (χ0n) is 61.5. The van der Waals surface area contributed by atoms with Gasteiger partial charge in [-0.25, -0.2) is 16.8 Å². The maximum Gasteiger partial charge on any atom is 1.00 e. The number of fused-ring (bicyclic) bond motifs is 10. The van der Waals surface area contributed by atoms with E-state index < -0.39 is 41.7 Å². The number of sulfone groups is 2. The first-order valence-electron chi connectivity index (χ1n) is 38.3. The van der Waals surface area contributed by atoms with E-state index >= 15 is 0 Å². The van der Waals surface area contributed by atoms with Crippen LogP contribution in [0.15, 0.2) is 70.5 Å². The maximum atomic E-state index is 14.5. The fourth-order valence-electron chi connectivity index (χ4n) is 23.9. The van der Waals surface area contributed by atoms with Crippen LogP contribution in [0.2, 0.25) is 0 Å². The summed E-state index contributed by atoms with van der Waals surface area (Å²) in [5.74, 6) is 7.00. The van der Waals surface area contributed by atoms with Gasteiger partial charge in [-0.05, 0) is 315 Å². The summed E-state index contributed by atoms with van der Waals surface area (Å²) in [6.07, 6.45) is 34.7. The van der Waals surface area contributed by atoms with Crippen LogP contribution < -0.4 is 18.9 Å². The molecular formula is C82H133LiO8S2. The minimum absolute atomic E-state index is 0. The Balaban J connectivity index is 0.000000181. The van der Waals surface area contributed by atoms with Gasteiger partial charge in [-0.2, -0.15) is 6.42 Å². The van der Waals surface area contributed by atoms with Crippen molar-refractivity contribution in [2.24, 2.45) is 104 Å². The van der Waals surface area contributed by atoms with Gasteiger partial charge in [0.2, 0.25) is 0 Å². The second kappa shape index (κ2) is 28.7. The van der Waals surface area contributed by atoms with Gasteiger partial charge in [-0.15, -0.1) is 0 Å². The molecule has 1 saturated heterocycles. The Bertz CT molecular complexity index is 2980. The topological polar surface area (TPSA) is 141 Å². The standard InChI is InChI=1S/C39H62O4S.C29H44O3S.C10H18O.C4H9.Li/c1-7-35(3)19-23-39(41,24-20-35)26-34(44(42,43)29-11-9-8-10-12-29)27(2)31-15-16-32-30-14-13-28-25-36(4,40)21-22-37(28,5)33(30)17-18-38(31,32)6;1-20(19-33(31,32)22-8-6-5-7-9-22)24-12-13-25-23-11-10-21-18-27(2,30)16-17-28(21,3)26(23)14-15-29(24,25)4;1-3-9(2)4-6-10(7-5-9)8-11-10;1-3-4-2;/h8-12,27-28,30-34,40-41H,7,13-26H2,1-6H3;5-9,20-21,23-26,30H,10-19H2,1-4H3;3-8H2,1-2H3;1,3-4H2,2H3;/q;;;-1;+1/t27-,28-,30-,31+,32-,33-,34?,35?,36-,37-,38+,39?;20-,21+,23+,24-,25+,26+,27+,28+,29-;;;/m01.../s1. The van der Waals surface area contributed by atoms with E-state index in [1.165, 1.54) is 116 Å². The van der Waals surface area contributed by atoms with Gasteiger partial charge in [0.05, 0.1) is 49.8 Å². The van der Waals surface area contributed by atoms with E-state index in [0.29, 0.717) is 86.4 Å². The maximum absolute atomic E-state index is 14.5. The SMILES string of the molecule is CCC1(C)CCC(O)(CC([C@@H](C)[C@H]2CC[C@H]3[C@@H]4CC[C@H]5C[C@@](C)(O)CC[C@]5(C)[C@H]4CC[C@]23C)S(=O)(=O)c2ccccc2)CC1.CCC1(C)CCC2(CC1)CO2.C[C@H](CS(=O)(=O)c1ccccc1)[C@H]1CC[C@H]2[C@@H]3CC[C@H]4C[C@@](C)(O)CC[C@]4(C)[C@H]3CC[C@]12C.[CH2-]CCC.[Li+]. The van der Waals surface area contributed by atoms with Gasteiger partial charge < -0.3 is 27.0 Å². The second-order valence-electron chi connectivity index (χ2n) is 36.6. The Morgan fingerprint density at radius 2 is 0.914 bits per heavy atom. The van der Waals surface area contributed by atoms with Crippen molar-refractivity contribution >= 4 is 19.7 Å². The van der Waals surface area contributed by atoms with Crippen LogP contribution in [0.25, 0.3) is 0 Å². The predicted molar refractivity (Wildman–Crippen MR) is 378 cm³/mol. The third kappa shape index (κ3) is 15.5. The van der Waals surface area contributed by atoms with Crippen molar-refractivity contribution in [3.63, 3.8) is 0 Å². The zero-order chi connectivity index (χ0) is 66.8. The van der Waals surface area contributed by atoms with E-state index in [-0.39, 0.29) is 52.7 Å². The van der Waals surface area contributed by atoms with Crippen LogP contribution in [0.4, 0.5) is 0 Å². The fraction of sp³-hybridized carbons (Fsp3) is 0.841. The Labute approximate surface area is 581 Å². The van der Waals surface area contributed by atoms with Gasteiger partial charge in [0.15, 0.2) is 19.7 Å². The number of ether oxygens (including phenoxy) is 1. The molecule has 1 unspecified atom stereocenters. The average molecular weight is 1320 g/mol. The minimum atomic E-state index is -3.62. The Morgan fingerprint density at radius 3 is 1.34 bits per heavy atom. The normalized spacial score (nSPS) is 44.9. The van der Waals surface area contributed by atoms with Crippen LogP contribution >= 0.6 is 0 Å². The molecule has 0 radical (unpaired) electrons. The summed E-state index contributed by atoms with van der Waals surface area (Å²) in [6, 6.07) is 18.1. The van der Waals surface area contributed by atoms with Crippen molar-refractivity contribution < 1.29 is 55.8 Å². The molecule has 2 aromatic rings. The van der Waals surface area contributed by atoms with Crippen molar-refractivity contribution in [3.05, 3.63) is 67.6 Å². The van der Waals surface area contributed by atoms with E-state index in [9.17, 15) is 32.2 Å². The molecule has 8 nitrogen and oxygen atoms in total. The number of unbranched alkanes of at least 4 members (excludes halogenated alkanes) is 1. The largest absolute Gasteiger partial charge is 1.00 e. The quantitative estimate of drug-likeness (QED) is 0.102. The zero-order valence-corrected chi connectivity index (χ0v) is 63.2. The number of hydrogen-bond donors (Lipinski definition) is 3. The number of hydrogen-bond acceptors (Lipinski definition) is 8. The molecule has 11 aliphatic rings. The van der Waals surface area contributed by atoms with Gasteiger partial charge in [-0.1, -0.05) is 132 Å². The van der Waals surface area contributed by atoms with Gasteiger partial charge in [0.1, 0.15) is 0 Å². The minimum Gasteiger partial charge on any atom is -0.390 e. The molecule has 10 aliphatic carbocycles. The molecular weight excluding hydrogens is 1180 g/mol. The molecule has 0 aromatic heterocycles. The summed E-state index contributed by atoms with van der Waals surface area (Å²) >= 11 is 0. The van der Waals surface area contributed by atoms with Crippen LogP contribution in [0.5, 0.6) is 0 Å². The van der Waals surface area contributed by atoms with E-state index in [0.717, 1.165) is 94.5 Å². The van der Waals surface area contributed by atoms with Crippen LogP contribution in [-0.2, 0) is 24.4 Å². The number of rotatable bonds is 13. The van der Waals surface area contributed by atoms with Crippen molar-refractivity contribution in [3.8, 4) is 0 Å². The smallest absolute Gasteiger partial charge is 0.390 e. The number of aliphatic hydroxyl groups is 3. The summed E-state index contributed by atoms with van der Waals surface area (Å²) in [7, 11) is -6.86.